The molecule has 0 fully saturated rings. The summed E-state index contributed by atoms with van der Waals surface area (Å²) in [5.41, 5.74) is 3.79. The summed E-state index contributed by atoms with van der Waals surface area (Å²) in [7, 11) is -3.71. The summed E-state index contributed by atoms with van der Waals surface area (Å²) < 4.78 is 30.1. The van der Waals surface area contributed by atoms with Crippen LogP contribution >= 0.6 is 11.6 Å². The summed E-state index contributed by atoms with van der Waals surface area (Å²) in [6, 6.07) is 12.1. The fourth-order valence-electron chi connectivity index (χ4n) is 3.11. The molecule has 1 aliphatic rings. The number of aryl methyl sites for hydroxylation is 1. The summed E-state index contributed by atoms with van der Waals surface area (Å²) in [4.78, 5) is 0.217. The normalized spacial score (nSPS) is 14.1. The lowest BCUT2D eigenvalue weighted by molar-refractivity contribution is 0.601. The molecule has 6 heteroatoms. The molecule has 1 aliphatic carbocycles. The minimum absolute atomic E-state index is 0.217. The van der Waals surface area contributed by atoms with Gasteiger partial charge >= 0.3 is 0 Å². The van der Waals surface area contributed by atoms with Gasteiger partial charge in [-0.3, -0.25) is 4.72 Å². The van der Waals surface area contributed by atoms with E-state index in [0.29, 0.717) is 10.8 Å². The largest absolute Gasteiger partial charge is 0.301 e. The fourth-order valence-corrected chi connectivity index (χ4v) is 4.37. The molecule has 1 N–H and O–H groups in total. The standard InChI is InChI=1S/C22H19ClN2O2S/c1-16-8-10-19(11-9-16)28(26,27)24-22-13-12-20(23)21-14-18(15-25(21)22)17-6-4-2-3-5-7-17/h2-4,6-15,24H,5H2,1H3. The number of hydrogen-bond acceptors (Lipinski definition) is 2. The molecule has 2 heterocycles. The van der Waals surface area contributed by atoms with Crippen LogP contribution < -0.4 is 4.72 Å². The average molecular weight is 411 g/mol. The van der Waals surface area contributed by atoms with E-state index in [9.17, 15) is 8.42 Å². The molecule has 0 radical (unpaired) electrons. The van der Waals surface area contributed by atoms with Crippen LogP contribution in [0.2, 0.25) is 5.02 Å². The molecule has 0 unspecified atom stereocenters. The Kier molecular flexibility index (Phi) is 4.87. The summed E-state index contributed by atoms with van der Waals surface area (Å²) in [6.07, 6.45) is 13.0. The fraction of sp³-hybridized carbons (Fsp3) is 0.0909. The van der Waals surface area contributed by atoms with Crippen molar-refractivity contribution >= 4 is 38.5 Å². The number of nitrogens with zero attached hydrogens (tertiary/aromatic N) is 1. The lowest BCUT2D eigenvalue weighted by Crippen LogP contribution is -2.15. The third-order valence-electron chi connectivity index (χ3n) is 4.61. The van der Waals surface area contributed by atoms with Gasteiger partial charge in [-0.2, -0.15) is 0 Å². The van der Waals surface area contributed by atoms with E-state index < -0.39 is 10.0 Å². The first-order valence-electron chi connectivity index (χ1n) is 8.88. The highest BCUT2D eigenvalue weighted by Gasteiger charge is 2.17. The molecule has 3 aromatic rings. The highest BCUT2D eigenvalue weighted by atomic mass is 35.5. The van der Waals surface area contributed by atoms with Crippen molar-refractivity contribution in [3.8, 4) is 0 Å². The van der Waals surface area contributed by atoms with Crippen molar-refractivity contribution in [3.05, 3.63) is 95.2 Å². The van der Waals surface area contributed by atoms with E-state index in [2.05, 4.69) is 16.9 Å². The Balaban J connectivity index is 1.76. The van der Waals surface area contributed by atoms with E-state index in [1.807, 2.05) is 37.4 Å². The third kappa shape index (κ3) is 3.63. The first kappa shape index (κ1) is 18.6. The molecule has 0 spiro atoms. The van der Waals surface area contributed by atoms with Crippen LogP contribution in [0.1, 0.15) is 17.5 Å². The Morgan fingerprint density at radius 2 is 1.86 bits per heavy atom. The highest BCUT2D eigenvalue weighted by molar-refractivity contribution is 7.92. The number of sulfonamides is 1. The number of anilines is 1. The zero-order chi connectivity index (χ0) is 19.7. The van der Waals surface area contributed by atoms with Crippen LogP contribution in [-0.2, 0) is 10.0 Å². The summed E-state index contributed by atoms with van der Waals surface area (Å²) >= 11 is 6.37. The lowest BCUT2D eigenvalue weighted by atomic mass is 10.1. The van der Waals surface area contributed by atoms with Crippen molar-refractivity contribution in [2.24, 2.45) is 0 Å². The number of benzene rings is 1. The van der Waals surface area contributed by atoms with Gasteiger partial charge in [0.25, 0.3) is 10.0 Å². The second-order valence-electron chi connectivity index (χ2n) is 6.65. The zero-order valence-corrected chi connectivity index (χ0v) is 16.8. The van der Waals surface area contributed by atoms with Gasteiger partial charge in [0, 0.05) is 11.8 Å². The Hall–Kier alpha value is -2.76. The second-order valence-corrected chi connectivity index (χ2v) is 8.74. The third-order valence-corrected chi connectivity index (χ3v) is 6.30. The van der Waals surface area contributed by atoms with Crippen LogP contribution in [0.3, 0.4) is 0 Å². The van der Waals surface area contributed by atoms with Crippen LogP contribution in [-0.4, -0.2) is 12.8 Å². The van der Waals surface area contributed by atoms with Crippen molar-refractivity contribution in [1.82, 2.24) is 4.40 Å². The summed E-state index contributed by atoms with van der Waals surface area (Å²) in [5.74, 6) is 0.433. The van der Waals surface area contributed by atoms with Crippen LogP contribution in [0.5, 0.6) is 0 Å². The summed E-state index contributed by atoms with van der Waals surface area (Å²) in [6.45, 7) is 1.92. The van der Waals surface area contributed by atoms with Gasteiger partial charge in [0.15, 0.2) is 0 Å². The molecule has 28 heavy (non-hydrogen) atoms. The van der Waals surface area contributed by atoms with Crippen LogP contribution in [0.4, 0.5) is 5.82 Å². The Morgan fingerprint density at radius 3 is 2.64 bits per heavy atom. The number of fused-ring (bicyclic) bond motifs is 1. The van der Waals surface area contributed by atoms with E-state index in [1.54, 1.807) is 40.8 Å². The zero-order valence-electron chi connectivity index (χ0n) is 15.3. The van der Waals surface area contributed by atoms with E-state index in [4.69, 9.17) is 11.6 Å². The van der Waals surface area contributed by atoms with Gasteiger partial charge in [-0.25, -0.2) is 8.42 Å². The number of rotatable bonds is 4. The number of allylic oxidation sites excluding steroid dienone is 6. The molecular weight excluding hydrogens is 392 g/mol. The van der Waals surface area contributed by atoms with Gasteiger partial charge in [0.2, 0.25) is 0 Å². The van der Waals surface area contributed by atoms with Crippen molar-refractivity contribution in [3.63, 3.8) is 0 Å². The Morgan fingerprint density at radius 1 is 1.07 bits per heavy atom. The van der Waals surface area contributed by atoms with Crippen molar-refractivity contribution < 1.29 is 8.42 Å². The molecule has 0 bridgehead atoms. The van der Waals surface area contributed by atoms with Gasteiger partial charge in [-0.05, 0) is 49.2 Å². The maximum Gasteiger partial charge on any atom is 0.263 e. The van der Waals surface area contributed by atoms with Crippen LogP contribution in [0, 0.1) is 6.92 Å². The smallest absolute Gasteiger partial charge is 0.263 e. The molecule has 4 rings (SSSR count). The minimum atomic E-state index is -3.71. The number of halogens is 1. The van der Waals surface area contributed by atoms with Gasteiger partial charge in [0.1, 0.15) is 5.82 Å². The quantitative estimate of drug-likeness (QED) is 0.608. The van der Waals surface area contributed by atoms with Gasteiger partial charge in [-0.15, -0.1) is 0 Å². The van der Waals surface area contributed by atoms with E-state index in [0.717, 1.165) is 28.6 Å². The van der Waals surface area contributed by atoms with Crippen molar-refractivity contribution in [1.29, 1.82) is 0 Å². The molecule has 4 nitrogen and oxygen atoms in total. The number of pyridine rings is 1. The molecule has 142 valence electrons. The van der Waals surface area contributed by atoms with Crippen LogP contribution in [0.25, 0.3) is 11.1 Å². The molecule has 0 atom stereocenters. The number of hydrogen-bond donors (Lipinski definition) is 1. The SMILES string of the molecule is Cc1ccc(S(=O)(=O)Nc2ccc(Cl)c3cc(C4=CCC=CC=C4)cn23)cc1. The van der Waals surface area contributed by atoms with E-state index >= 15 is 0 Å². The van der Waals surface area contributed by atoms with Crippen LogP contribution in [0.15, 0.2) is 83.9 Å². The first-order valence-corrected chi connectivity index (χ1v) is 10.7. The number of aromatic nitrogens is 1. The molecule has 0 saturated heterocycles. The molecule has 0 amide bonds. The van der Waals surface area contributed by atoms with Crippen molar-refractivity contribution in [2.75, 3.05) is 4.72 Å². The second kappa shape index (κ2) is 7.34. The molecule has 0 aliphatic heterocycles. The predicted molar refractivity (Wildman–Crippen MR) is 115 cm³/mol. The lowest BCUT2D eigenvalue weighted by Gasteiger charge is -2.11. The highest BCUT2D eigenvalue weighted by Crippen LogP contribution is 2.29. The average Bonchev–Trinajstić information content (AvgIpc) is 2.94. The first-order chi connectivity index (χ1) is 13.4. The van der Waals surface area contributed by atoms with Crippen molar-refractivity contribution in [2.45, 2.75) is 18.2 Å². The minimum Gasteiger partial charge on any atom is -0.301 e. The van der Waals surface area contributed by atoms with E-state index in [-0.39, 0.29) is 4.90 Å². The molecule has 1 aromatic carbocycles. The molecular formula is C22H19ClN2O2S. The topological polar surface area (TPSA) is 50.6 Å². The van der Waals surface area contributed by atoms with Gasteiger partial charge in [-0.1, -0.05) is 59.7 Å². The van der Waals surface area contributed by atoms with E-state index in [1.165, 1.54) is 0 Å². The maximum atomic E-state index is 12.8. The van der Waals surface area contributed by atoms with Gasteiger partial charge < -0.3 is 4.40 Å². The summed E-state index contributed by atoms with van der Waals surface area (Å²) in [5, 5.41) is 0.556. The Bertz CT molecular complexity index is 1230. The predicted octanol–water partition coefficient (Wildman–Crippen LogP) is 5.60. The number of nitrogens with one attached hydrogen (secondary N) is 1. The molecule has 2 aromatic heterocycles. The van der Waals surface area contributed by atoms with Gasteiger partial charge in [0.05, 0.1) is 15.4 Å². The molecule has 0 saturated carbocycles. The monoisotopic (exact) mass is 410 g/mol. The maximum absolute atomic E-state index is 12.8. The Labute approximate surface area is 169 Å².